The van der Waals surface area contributed by atoms with E-state index in [2.05, 4.69) is 55.5 Å². The summed E-state index contributed by atoms with van der Waals surface area (Å²) >= 11 is 6.05. The molecule has 0 fully saturated rings. The summed E-state index contributed by atoms with van der Waals surface area (Å²) in [6.45, 7) is 2.58. The van der Waals surface area contributed by atoms with Crippen molar-refractivity contribution in [3.05, 3.63) is 111 Å². The molecular weight excluding hydrogens is 474 g/mol. The van der Waals surface area contributed by atoms with E-state index in [9.17, 15) is 9.90 Å². The average Bonchev–Trinajstić information content (AvgIpc) is 3.56. The van der Waals surface area contributed by atoms with Gasteiger partial charge in [0.1, 0.15) is 0 Å². The van der Waals surface area contributed by atoms with E-state index in [-0.39, 0.29) is 24.3 Å². The monoisotopic (exact) mass is 499 g/mol. The van der Waals surface area contributed by atoms with Gasteiger partial charge in [-0.15, -0.1) is 5.10 Å². The number of aromatic nitrogens is 3. The molecule has 0 unspecified atom stereocenters. The van der Waals surface area contributed by atoms with Crippen LogP contribution in [0.5, 0.6) is 0 Å². The van der Waals surface area contributed by atoms with Crippen LogP contribution in [0, 0.1) is 6.92 Å². The lowest BCUT2D eigenvalue weighted by molar-refractivity contribution is 0.274. The number of hydrogen-bond donors (Lipinski definition) is 1. The van der Waals surface area contributed by atoms with Crippen LogP contribution in [0.25, 0.3) is 5.69 Å². The number of hydrazone groups is 1. The van der Waals surface area contributed by atoms with Gasteiger partial charge in [-0.25, -0.2) is 9.80 Å². The van der Waals surface area contributed by atoms with Crippen LogP contribution in [0.1, 0.15) is 28.7 Å². The second kappa shape index (κ2) is 8.76. The normalized spacial score (nSPS) is 18.6. The molecule has 0 amide bonds. The van der Waals surface area contributed by atoms with Crippen LogP contribution in [0.2, 0.25) is 5.02 Å². The Hall–Kier alpha value is -3.68. The van der Waals surface area contributed by atoms with E-state index in [4.69, 9.17) is 21.8 Å². The fraction of sp³-hybridized carbons (Fsp3) is 0.250. The third-order valence-corrected chi connectivity index (χ3v) is 7.49. The standard InChI is InChI=1S/C28H26ClN5O2/c1-19-6-8-21(9-7-19)25-28(15-14-20-4-2-3-5-24(20)28)18-33(30-25)26-31-34(27(36)32(26)16-17-35)23-12-10-22(29)11-13-23/h2-13,35H,14-18H2,1H3/t28-/m1/s1. The highest BCUT2D eigenvalue weighted by atomic mass is 35.5. The van der Waals surface area contributed by atoms with Gasteiger partial charge in [0.25, 0.3) is 0 Å². The van der Waals surface area contributed by atoms with Gasteiger partial charge in [0, 0.05) is 5.02 Å². The third kappa shape index (κ3) is 3.58. The van der Waals surface area contributed by atoms with Crippen molar-refractivity contribution in [2.75, 3.05) is 18.2 Å². The maximum Gasteiger partial charge on any atom is 0.352 e. The Bertz CT molecular complexity index is 1520. The lowest BCUT2D eigenvalue weighted by atomic mass is 9.75. The van der Waals surface area contributed by atoms with Crippen molar-refractivity contribution < 1.29 is 5.11 Å². The number of benzene rings is 3. The molecule has 4 aromatic rings. The van der Waals surface area contributed by atoms with Crippen molar-refractivity contribution in [1.82, 2.24) is 14.3 Å². The third-order valence-electron chi connectivity index (χ3n) is 7.24. The highest BCUT2D eigenvalue weighted by molar-refractivity contribution is 6.30. The van der Waals surface area contributed by atoms with Crippen LogP contribution in [0.3, 0.4) is 0 Å². The summed E-state index contributed by atoms with van der Waals surface area (Å²) in [6, 6.07) is 24.0. The topological polar surface area (TPSA) is 75.7 Å². The fourth-order valence-corrected chi connectivity index (χ4v) is 5.59. The maximum absolute atomic E-state index is 13.4. The van der Waals surface area contributed by atoms with Gasteiger partial charge >= 0.3 is 5.69 Å². The lowest BCUT2D eigenvalue weighted by Gasteiger charge is -2.27. The fourth-order valence-electron chi connectivity index (χ4n) is 5.46. The molecule has 7 nitrogen and oxygen atoms in total. The summed E-state index contributed by atoms with van der Waals surface area (Å²) in [6.07, 6.45) is 1.90. The number of rotatable bonds is 5. The largest absolute Gasteiger partial charge is 0.395 e. The van der Waals surface area contributed by atoms with Crippen LogP contribution in [-0.4, -0.2) is 38.3 Å². The molecule has 6 rings (SSSR count). The van der Waals surface area contributed by atoms with Crippen LogP contribution in [0.15, 0.2) is 82.7 Å². The predicted molar refractivity (Wildman–Crippen MR) is 141 cm³/mol. The maximum atomic E-state index is 13.4. The van der Waals surface area contributed by atoms with E-state index >= 15 is 0 Å². The van der Waals surface area contributed by atoms with Crippen LogP contribution >= 0.6 is 11.6 Å². The Labute approximate surface area is 213 Å². The zero-order chi connectivity index (χ0) is 24.9. The zero-order valence-electron chi connectivity index (χ0n) is 19.9. The Morgan fingerprint density at radius 1 is 1.03 bits per heavy atom. The van der Waals surface area contributed by atoms with Gasteiger partial charge in [-0.3, -0.25) is 4.57 Å². The summed E-state index contributed by atoms with van der Waals surface area (Å²) in [4.78, 5) is 13.4. The second-order valence-electron chi connectivity index (χ2n) is 9.46. The van der Waals surface area contributed by atoms with Gasteiger partial charge in [-0.2, -0.15) is 9.78 Å². The summed E-state index contributed by atoms with van der Waals surface area (Å²) in [5, 5.41) is 22.0. The van der Waals surface area contributed by atoms with Crippen molar-refractivity contribution in [2.45, 2.75) is 31.7 Å². The molecule has 2 aliphatic rings. The Morgan fingerprint density at radius 2 is 1.78 bits per heavy atom. The summed E-state index contributed by atoms with van der Waals surface area (Å²) in [5.74, 6) is 0.412. The molecule has 0 bridgehead atoms. The number of fused-ring (bicyclic) bond motifs is 2. The summed E-state index contributed by atoms with van der Waals surface area (Å²) in [7, 11) is 0. The van der Waals surface area contributed by atoms with Gasteiger partial charge < -0.3 is 5.11 Å². The van der Waals surface area contributed by atoms with Gasteiger partial charge in [0.15, 0.2) is 0 Å². The van der Waals surface area contributed by atoms with Crippen LogP contribution < -0.4 is 10.7 Å². The Kier molecular flexibility index (Phi) is 5.54. The molecule has 8 heteroatoms. The number of aliphatic hydroxyl groups excluding tert-OH is 1. The molecule has 1 aromatic heterocycles. The van der Waals surface area contributed by atoms with E-state index < -0.39 is 0 Å². The van der Waals surface area contributed by atoms with Crippen molar-refractivity contribution in [3.63, 3.8) is 0 Å². The first-order chi connectivity index (χ1) is 17.5. The molecule has 3 aromatic carbocycles. The van der Waals surface area contributed by atoms with Gasteiger partial charge in [0.2, 0.25) is 5.95 Å². The van der Waals surface area contributed by atoms with Crippen molar-refractivity contribution in [3.8, 4) is 5.69 Å². The molecule has 1 aliphatic heterocycles. The highest BCUT2D eigenvalue weighted by Gasteiger charge is 2.49. The molecule has 1 atom stereocenters. The van der Waals surface area contributed by atoms with Crippen LogP contribution in [-0.2, 0) is 18.4 Å². The first-order valence-corrected chi connectivity index (χ1v) is 12.5. The summed E-state index contributed by atoms with van der Waals surface area (Å²) < 4.78 is 2.83. The minimum absolute atomic E-state index is 0.122. The van der Waals surface area contributed by atoms with E-state index in [1.165, 1.54) is 25.9 Å². The van der Waals surface area contributed by atoms with E-state index in [0.717, 1.165) is 24.1 Å². The lowest BCUT2D eigenvalue weighted by Crippen LogP contribution is -2.37. The number of nitrogens with zero attached hydrogens (tertiary/aromatic N) is 5. The van der Waals surface area contributed by atoms with Crippen LogP contribution in [0.4, 0.5) is 5.95 Å². The molecule has 1 spiro atoms. The molecule has 36 heavy (non-hydrogen) atoms. The number of anilines is 1. The quantitative estimate of drug-likeness (QED) is 0.448. The molecular formula is C28H26ClN5O2. The average molecular weight is 500 g/mol. The van der Waals surface area contributed by atoms with Gasteiger partial charge in [0.05, 0.1) is 36.5 Å². The Balaban J connectivity index is 1.51. The van der Waals surface area contributed by atoms with Gasteiger partial charge in [-0.1, -0.05) is 65.7 Å². The molecule has 182 valence electrons. The SMILES string of the molecule is Cc1ccc(C2=NN(c3nn(-c4ccc(Cl)cc4)c(=O)n3CCO)C[C@@]23CCc2ccccc23)cc1. The minimum Gasteiger partial charge on any atom is -0.395 e. The molecule has 0 radical (unpaired) electrons. The smallest absolute Gasteiger partial charge is 0.352 e. The minimum atomic E-state index is -0.332. The first kappa shape index (κ1) is 22.8. The Morgan fingerprint density at radius 3 is 2.53 bits per heavy atom. The van der Waals surface area contributed by atoms with E-state index in [0.29, 0.717) is 23.2 Å². The van der Waals surface area contributed by atoms with E-state index in [1.54, 1.807) is 24.3 Å². The molecule has 1 aliphatic carbocycles. The number of aliphatic hydroxyl groups is 1. The van der Waals surface area contributed by atoms with Crippen molar-refractivity contribution in [2.24, 2.45) is 5.10 Å². The zero-order valence-corrected chi connectivity index (χ0v) is 20.7. The highest BCUT2D eigenvalue weighted by Crippen LogP contribution is 2.46. The van der Waals surface area contributed by atoms with Gasteiger partial charge in [-0.05, 0) is 60.7 Å². The summed E-state index contributed by atoms with van der Waals surface area (Å²) in [5.41, 5.74) is 5.80. The molecule has 1 N–H and O–H groups in total. The number of hydrogen-bond acceptors (Lipinski definition) is 5. The van der Waals surface area contributed by atoms with Crippen molar-refractivity contribution in [1.29, 1.82) is 0 Å². The van der Waals surface area contributed by atoms with Crippen molar-refractivity contribution >= 4 is 23.3 Å². The first-order valence-electron chi connectivity index (χ1n) is 12.1. The number of halogens is 1. The molecule has 0 saturated carbocycles. The molecule has 0 saturated heterocycles. The second-order valence-corrected chi connectivity index (χ2v) is 9.89. The van der Waals surface area contributed by atoms with E-state index in [1.807, 2.05) is 5.01 Å². The predicted octanol–water partition coefficient (Wildman–Crippen LogP) is 4.10. The number of aryl methyl sites for hydroxylation is 2. The molecule has 2 heterocycles.